The van der Waals surface area contributed by atoms with Crippen molar-refractivity contribution in [1.82, 2.24) is 16.0 Å². The van der Waals surface area contributed by atoms with E-state index < -0.39 is 54.0 Å². The van der Waals surface area contributed by atoms with Crippen molar-refractivity contribution in [3.63, 3.8) is 0 Å². The molecular formula is C20H38N4O6S. The summed E-state index contributed by atoms with van der Waals surface area (Å²) >= 11 is 1.46. The van der Waals surface area contributed by atoms with Gasteiger partial charge in [0.05, 0.1) is 12.1 Å². The highest BCUT2D eigenvalue weighted by molar-refractivity contribution is 7.98. The van der Waals surface area contributed by atoms with Gasteiger partial charge in [0.2, 0.25) is 17.7 Å². The van der Waals surface area contributed by atoms with Gasteiger partial charge in [0.15, 0.2) is 0 Å². The fourth-order valence-corrected chi connectivity index (χ4v) is 3.16. The van der Waals surface area contributed by atoms with Gasteiger partial charge in [-0.1, -0.05) is 27.7 Å². The summed E-state index contributed by atoms with van der Waals surface area (Å²) in [6.07, 6.45) is 1.09. The molecule has 0 fully saturated rings. The van der Waals surface area contributed by atoms with Gasteiger partial charge in [-0.05, 0) is 43.6 Å². The van der Waals surface area contributed by atoms with Crippen molar-refractivity contribution < 1.29 is 29.4 Å². The molecule has 0 spiro atoms. The predicted molar refractivity (Wildman–Crippen MR) is 120 cm³/mol. The summed E-state index contributed by atoms with van der Waals surface area (Å²) in [5, 5.41) is 26.8. The summed E-state index contributed by atoms with van der Waals surface area (Å²) in [6.45, 7) is 8.52. The molecule has 180 valence electrons. The summed E-state index contributed by atoms with van der Waals surface area (Å²) in [4.78, 5) is 49.2. The van der Waals surface area contributed by atoms with Crippen LogP contribution < -0.4 is 21.7 Å². The van der Waals surface area contributed by atoms with E-state index in [0.717, 1.165) is 0 Å². The van der Waals surface area contributed by atoms with Gasteiger partial charge in [-0.2, -0.15) is 11.8 Å². The number of carbonyl (C=O) groups is 4. The van der Waals surface area contributed by atoms with Crippen LogP contribution in [0.25, 0.3) is 0 Å². The number of nitrogens with two attached hydrogens (primary N) is 1. The lowest BCUT2D eigenvalue weighted by atomic mass is 10.0. The minimum atomic E-state index is -1.31. The van der Waals surface area contributed by atoms with E-state index in [2.05, 4.69) is 16.0 Å². The van der Waals surface area contributed by atoms with Crippen molar-refractivity contribution >= 4 is 35.5 Å². The lowest BCUT2D eigenvalue weighted by molar-refractivity contribution is -0.143. The lowest BCUT2D eigenvalue weighted by Gasteiger charge is -2.27. The Bertz CT molecular complexity index is 614. The van der Waals surface area contributed by atoms with Crippen LogP contribution in [0.3, 0.4) is 0 Å². The van der Waals surface area contributed by atoms with Gasteiger partial charge in [0.25, 0.3) is 0 Å². The molecule has 0 heterocycles. The number of aliphatic hydroxyl groups is 1. The first-order valence-electron chi connectivity index (χ1n) is 10.4. The molecule has 0 aromatic rings. The van der Waals surface area contributed by atoms with Crippen molar-refractivity contribution in [3.8, 4) is 0 Å². The highest BCUT2D eigenvalue weighted by Gasteiger charge is 2.32. The number of carboxylic acid groups (broad SMARTS) is 1. The molecule has 0 saturated carbocycles. The molecule has 7 N–H and O–H groups in total. The van der Waals surface area contributed by atoms with Crippen LogP contribution in [-0.4, -0.2) is 76.2 Å². The van der Waals surface area contributed by atoms with Gasteiger partial charge in [-0.3, -0.25) is 14.4 Å². The summed E-state index contributed by atoms with van der Waals surface area (Å²) in [7, 11) is 0. The molecular weight excluding hydrogens is 424 g/mol. The molecule has 31 heavy (non-hydrogen) atoms. The Kier molecular flexibility index (Phi) is 13.4. The number of thioether (sulfide) groups is 1. The van der Waals surface area contributed by atoms with Crippen LogP contribution in [0.4, 0.5) is 0 Å². The number of rotatable bonds is 14. The molecule has 3 amide bonds. The first kappa shape index (κ1) is 29.1. The van der Waals surface area contributed by atoms with E-state index in [1.54, 1.807) is 13.8 Å². The Hall–Kier alpha value is -1.85. The Morgan fingerprint density at radius 2 is 1.45 bits per heavy atom. The molecule has 11 heteroatoms. The number of carbonyl (C=O) groups excluding carboxylic acids is 3. The van der Waals surface area contributed by atoms with Gasteiger partial charge in [-0.15, -0.1) is 0 Å². The second-order valence-corrected chi connectivity index (χ2v) is 9.35. The fraction of sp³-hybridized carbons (Fsp3) is 0.800. The quantitative estimate of drug-likeness (QED) is 0.204. The van der Waals surface area contributed by atoms with E-state index >= 15 is 0 Å². The van der Waals surface area contributed by atoms with Crippen LogP contribution in [-0.2, 0) is 19.2 Å². The Morgan fingerprint density at radius 1 is 0.903 bits per heavy atom. The zero-order chi connectivity index (χ0) is 24.3. The van der Waals surface area contributed by atoms with Gasteiger partial charge < -0.3 is 31.9 Å². The molecule has 0 aromatic carbocycles. The molecule has 0 bridgehead atoms. The van der Waals surface area contributed by atoms with E-state index in [1.807, 2.05) is 20.1 Å². The Balaban J connectivity index is 5.40. The summed E-state index contributed by atoms with van der Waals surface area (Å²) in [5.41, 5.74) is 5.80. The maximum atomic E-state index is 12.8. The van der Waals surface area contributed by atoms with Gasteiger partial charge >= 0.3 is 5.97 Å². The third-order valence-electron chi connectivity index (χ3n) is 4.65. The Labute approximate surface area is 188 Å². The third-order valence-corrected chi connectivity index (χ3v) is 5.29. The highest BCUT2D eigenvalue weighted by atomic mass is 32.2. The molecule has 5 unspecified atom stereocenters. The van der Waals surface area contributed by atoms with Crippen molar-refractivity contribution in [1.29, 1.82) is 0 Å². The van der Waals surface area contributed by atoms with Gasteiger partial charge in [-0.25, -0.2) is 4.79 Å². The second kappa shape index (κ2) is 14.3. The van der Waals surface area contributed by atoms with E-state index in [4.69, 9.17) is 5.73 Å². The lowest BCUT2D eigenvalue weighted by Crippen LogP contribution is -2.60. The number of carboxylic acids is 1. The maximum absolute atomic E-state index is 12.8. The van der Waals surface area contributed by atoms with Crippen molar-refractivity contribution in [2.24, 2.45) is 17.6 Å². The topological polar surface area (TPSA) is 171 Å². The third kappa shape index (κ3) is 10.8. The normalized spacial score (nSPS) is 16.2. The molecule has 0 radical (unpaired) electrons. The summed E-state index contributed by atoms with van der Waals surface area (Å²) in [5.74, 6) is -2.74. The summed E-state index contributed by atoms with van der Waals surface area (Å²) in [6, 6.07) is -4.28. The van der Waals surface area contributed by atoms with Crippen LogP contribution >= 0.6 is 11.8 Å². The average molecular weight is 463 g/mol. The van der Waals surface area contributed by atoms with Crippen molar-refractivity contribution in [3.05, 3.63) is 0 Å². The number of hydrogen-bond acceptors (Lipinski definition) is 7. The number of amides is 3. The molecule has 0 saturated heterocycles. The van der Waals surface area contributed by atoms with E-state index in [0.29, 0.717) is 5.75 Å². The van der Waals surface area contributed by atoms with Crippen molar-refractivity contribution in [2.75, 3.05) is 12.0 Å². The minimum Gasteiger partial charge on any atom is -0.480 e. The highest BCUT2D eigenvalue weighted by Crippen LogP contribution is 2.08. The van der Waals surface area contributed by atoms with Gasteiger partial charge in [0.1, 0.15) is 18.1 Å². The number of nitrogens with one attached hydrogen (secondary N) is 3. The van der Waals surface area contributed by atoms with Gasteiger partial charge in [0, 0.05) is 0 Å². The van der Waals surface area contributed by atoms with Crippen LogP contribution in [0, 0.1) is 11.8 Å². The standard InChI is InChI=1S/C20H38N4O6S/c1-10(2)9-14(20(29)30)23-17(26)13(7-8-31-6)22-19(28)16(12(5)25)24-18(27)15(21)11(3)4/h10-16,25H,7-9,21H2,1-6H3,(H,22,28)(H,23,26)(H,24,27)(H,29,30). The molecule has 5 atom stereocenters. The molecule has 0 rings (SSSR count). The fourth-order valence-electron chi connectivity index (χ4n) is 2.69. The summed E-state index contributed by atoms with van der Waals surface area (Å²) < 4.78 is 0. The number of hydrogen-bond donors (Lipinski definition) is 6. The number of aliphatic hydroxyl groups excluding tert-OH is 1. The number of aliphatic carboxylic acids is 1. The van der Waals surface area contributed by atoms with Crippen LogP contribution in [0.1, 0.15) is 47.5 Å². The largest absolute Gasteiger partial charge is 0.480 e. The molecule has 0 aliphatic rings. The average Bonchev–Trinajstić information content (AvgIpc) is 2.66. The first-order valence-corrected chi connectivity index (χ1v) is 11.8. The first-order chi connectivity index (χ1) is 14.3. The molecule has 0 aliphatic carbocycles. The van der Waals surface area contributed by atoms with E-state index in [-0.39, 0.29) is 24.7 Å². The SMILES string of the molecule is CSCCC(NC(=O)C(NC(=O)C(N)C(C)C)C(C)O)C(=O)NC(CC(C)C)C(=O)O. The zero-order valence-corrected chi connectivity index (χ0v) is 20.0. The zero-order valence-electron chi connectivity index (χ0n) is 19.2. The molecule has 0 aliphatic heterocycles. The van der Waals surface area contributed by atoms with E-state index in [1.165, 1.54) is 18.7 Å². The van der Waals surface area contributed by atoms with Crippen LogP contribution in [0.15, 0.2) is 0 Å². The smallest absolute Gasteiger partial charge is 0.326 e. The van der Waals surface area contributed by atoms with Crippen molar-refractivity contribution in [2.45, 2.75) is 77.7 Å². The maximum Gasteiger partial charge on any atom is 0.326 e. The molecule has 0 aromatic heterocycles. The Morgan fingerprint density at radius 3 is 1.87 bits per heavy atom. The predicted octanol–water partition coefficient (Wildman–Crippen LogP) is -0.311. The van der Waals surface area contributed by atoms with Crippen LogP contribution in [0.2, 0.25) is 0 Å². The second-order valence-electron chi connectivity index (χ2n) is 8.37. The minimum absolute atomic E-state index is 0.0423. The van der Waals surface area contributed by atoms with E-state index in [9.17, 15) is 29.4 Å². The molecule has 10 nitrogen and oxygen atoms in total. The monoisotopic (exact) mass is 462 g/mol. The van der Waals surface area contributed by atoms with Crippen LogP contribution in [0.5, 0.6) is 0 Å².